The molecular formula is C31H39N7O3. The van der Waals surface area contributed by atoms with Gasteiger partial charge in [-0.15, -0.1) is 5.10 Å². The molecule has 0 amide bonds. The number of likely N-dealkylation sites (tertiary alicyclic amines) is 1. The zero-order chi connectivity index (χ0) is 27.8. The van der Waals surface area contributed by atoms with Crippen LogP contribution in [0.3, 0.4) is 0 Å². The van der Waals surface area contributed by atoms with Crippen LogP contribution in [0.1, 0.15) is 48.8 Å². The Hall–Kier alpha value is -3.63. The van der Waals surface area contributed by atoms with Crippen LogP contribution in [0.15, 0.2) is 41.1 Å². The van der Waals surface area contributed by atoms with Gasteiger partial charge in [0.2, 0.25) is 11.8 Å². The SMILES string of the molecule is COc1cc2c(cc1OC)CN(Cc1cnc(N3CCC(N4CCCCC4)CC3)n3nc(-c4ccco4)nc13)CC2. The van der Waals surface area contributed by atoms with Gasteiger partial charge in [0.25, 0.3) is 0 Å². The average molecular weight is 558 g/mol. The van der Waals surface area contributed by atoms with Crippen molar-refractivity contribution in [3.63, 3.8) is 0 Å². The summed E-state index contributed by atoms with van der Waals surface area (Å²) in [5, 5.41) is 4.92. The number of methoxy groups -OCH3 is 2. The minimum absolute atomic E-state index is 0.592. The van der Waals surface area contributed by atoms with Gasteiger partial charge < -0.3 is 23.7 Å². The molecule has 0 saturated carbocycles. The van der Waals surface area contributed by atoms with Crippen molar-refractivity contribution in [2.75, 3.05) is 51.8 Å². The number of benzene rings is 1. The summed E-state index contributed by atoms with van der Waals surface area (Å²) in [7, 11) is 3.38. The molecule has 3 aliphatic rings. The van der Waals surface area contributed by atoms with Gasteiger partial charge in [0.1, 0.15) is 0 Å². The fourth-order valence-corrected chi connectivity index (χ4v) is 6.78. The largest absolute Gasteiger partial charge is 0.493 e. The lowest BCUT2D eigenvalue weighted by atomic mass is 9.98. The number of hydrogen-bond donors (Lipinski definition) is 0. The van der Waals surface area contributed by atoms with Crippen molar-refractivity contribution in [1.82, 2.24) is 29.4 Å². The summed E-state index contributed by atoms with van der Waals surface area (Å²) in [5.41, 5.74) is 4.49. The third-order valence-corrected chi connectivity index (χ3v) is 9.01. The van der Waals surface area contributed by atoms with Crippen LogP contribution in [-0.2, 0) is 19.5 Å². The quantitative estimate of drug-likeness (QED) is 0.328. The van der Waals surface area contributed by atoms with Gasteiger partial charge in [0, 0.05) is 50.5 Å². The summed E-state index contributed by atoms with van der Waals surface area (Å²) < 4.78 is 18.7. The molecule has 0 N–H and O–H groups in total. The topological polar surface area (TPSA) is 84.4 Å². The molecule has 2 fully saturated rings. The van der Waals surface area contributed by atoms with Crippen molar-refractivity contribution < 1.29 is 13.9 Å². The third-order valence-electron chi connectivity index (χ3n) is 9.01. The summed E-state index contributed by atoms with van der Waals surface area (Å²) in [6, 6.07) is 8.69. The smallest absolute Gasteiger partial charge is 0.228 e. The summed E-state index contributed by atoms with van der Waals surface area (Å²) in [5.74, 6) is 3.69. The Balaban J connectivity index is 1.15. The van der Waals surface area contributed by atoms with Crippen LogP contribution in [0.5, 0.6) is 11.5 Å². The second-order valence-corrected chi connectivity index (χ2v) is 11.5. The van der Waals surface area contributed by atoms with Crippen LogP contribution in [0.2, 0.25) is 0 Å². The first-order valence-electron chi connectivity index (χ1n) is 14.9. The van der Waals surface area contributed by atoms with Gasteiger partial charge in [-0.2, -0.15) is 4.52 Å². The monoisotopic (exact) mass is 557 g/mol. The van der Waals surface area contributed by atoms with Crippen molar-refractivity contribution in [2.45, 2.75) is 57.7 Å². The van der Waals surface area contributed by atoms with E-state index in [0.29, 0.717) is 17.6 Å². The number of ether oxygens (including phenoxy) is 2. The molecule has 0 radical (unpaired) electrons. The van der Waals surface area contributed by atoms with E-state index < -0.39 is 0 Å². The lowest BCUT2D eigenvalue weighted by Gasteiger charge is -2.40. The molecule has 216 valence electrons. The second kappa shape index (κ2) is 11.3. The molecule has 0 atom stereocenters. The number of furan rings is 1. The Morgan fingerprint density at radius 1 is 0.951 bits per heavy atom. The van der Waals surface area contributed by atoms with Gasteiger partial charge in [0.05, 0.1) is 20.5 Å². The first kappa shape index (κ1) is 26.3. The van der Waals surface area contributed by atoms with Crippen LogP contribution in [0.4, 0.5) is 5.95 Å². The number of rotatable bonds is 7. The Kier molecular flexibility index (Phi) is 7.26. The van der Waals surface area contributed by atoms with E-state index in [2.05, 4.69) is 26.8 Å². The maximum Gasteiger partial charge on any atom is 0.228 e. The fourth-order valence-electron chi connectivity index (χ4n) is 6.78. The fraction of sp³-hybridized carbons (Fsp3) is 0.516. The summed E-state index contributed by atoms with van der Waals surface area (Å²) >= 11 is 0. The van der Waals surface area contributed by atoms with Gasteiger partial charge in [0.15, 0.2) is 22.9 Å². The highest BCUT2D eigenvalue weighted by Gasteiger charge is 2.29. The van der Waals surface area contributed by atoms with E-state index in [0.717, 1.165) is 80.6 Å². The van der Waals surface area contributed by atoms with Gasteiger partial charge in [-0.3, -0.25) is 4.90 Å². The summed E-state index contributed by atoms with van der Waals surface area (Å²) in [6.45, 7) is 6.96. The molecular weight excluding hydrogens is 518 g/mol. The highest BCUT2D eigenvalue weighted by atomic mass is 16.5. The van der Waals surface area contributed by atoms with E-state index in [-0.39, 0.29) is 0 Å². The Labute approximate surface area is 240 Å². The van der Waals surface area contributed by atoms with E-state index in [1.54, 1.807) is 20.5 Å². The van der Waals surface area contributed by atoms with E-state index in [9.17, 15) is 0 Å². The predicted molar refractivity (Wildman–Crippen MR) is 157 cm³/mol. The van der Waals surface area contributed by atoms with Crippen molar-refractivity contribution >= 4 is 11.6 Å². The number of hydrogen-bond acceptors (Lipinski definition) is 9. The highest BCUT2D eigenvalue weighted by molar-refractivity contribution is 5.58. The molecule has 7 rings (SSSR count). The Bertz CT molecular complexity index is 1490. The minimum Gasteiger partial charge on any atom is -0.493 e. The maximum atomic E-state index is 5.67. The van der Waals surface area contributed by atoms with Gasteiger partial charge >= 0.3 is 0 Å². The molecule has 0 bridgehead atoms. The van der Waals surface area contributed by atoms with Crippen molar-refractivity contribution in [1.29, 1.82) is 0 Å². The Morgan fingerprint density at radius 2 is 1.73 bits per heavy atom. The van der Waals surface area contributed by atoms with Crippen LogP contribution in [-0.4, -0.2) is 82.4 Å². The van der Waals surface area contributed by atoms with Crippen LogP contribution < -0.4 is 14.4 Å². The van der Waals surface area contributed by atoms with Crippen molar-refractivity contribution in [3.05, 3.63) is 53.4 Å². The molecule has 1 aromatic carbocycles. The van der Waals surface area contributed by atoms with Crippen LogP contribution in [0, 0.1) is 0 Å². The zero-order valence-electron chi connectivity index (χ0n) is 24.1. The third kappa shape index (κ3) is 5.15. The van der Waals surface area contributed by atoms with E-state index in [4.69, 9.17) is 29.0 Å². The molecule has 0 aliphatic carbocycles. The lowest BCUT2D eigenvalue weighted by Crippen LogP contribution is -2.47. The second-order valence-electron chi connectivity index (χ2n) is 11.5. The molecule has 6 heterocycles. The molecule has 3 aromatic heterocycles. The van der Waals surface area contributed by atoms with Gasteiger partial charge in [-0.05, 0) is 80.6 Å². The highest BCUT2D eigenvalue weighted by Crippen LogP contribution is 2.34. The number of fused-ring (bicyclic) bond motifs is 2. The van der Waals surface area contributed by atoms with Crippen molar-refractivity contribution in [3.8, 4) is 23.1 Å². The van der Waals surface area contributed by atoms with E-state index in [1.807, 2.05) is 22.8 Å². The molecule has 0 unspecified atom stereocenters. The minimum atomic E-state index is 0.592. The molecule has 10 nitrogen and oxygen atoms in total. The van der Waals surface area contributed by atoms with Gasteiger partial charge in [-0.25, -0.2) is 9.97 Å². The molecule has 4 aromatic rings. The van der Waals surface area contributed by atoms with Crippen molar-refractivity contribution in [2.24, 2.45) is 0 Å². The Morgan fingerprint density at radius 3 is 2.46 bits per heavy atom. The molecule has 10 heteroatoms. The lowest BCUT2D eigenvalue weighted by molar-refractivity contribution is 0.141. The summed E-state index contributed by atoms with van der Waals surface area (Å²) in [4.78, 5) is 17.5. The number of aromatic nitrogens is 4. The normalized spacial score (nSPS) is 19.0. The van der Waals surface area contributed by atoms with E-state index in [1.165, 1.54) is 43.5 Å². The standard InChI is InChI=1S/C31H39N7O3/c1-39-27-17-22-8-13-35(20-23(22)18-28(27)40-2)21-24-19-32-31(38-30(24)33-29(34-38)26-7-6-16-41-26)37-14-9-25(10-15-37)36-11-4-3-5-12-36/h6-7,16-19,25H,3-5,8-15,20-21H2,1-2H3. The maximum absolute atomic E-state index is 5.67. The van der Waals surface area contributed by atoms with E-state index >= 15 is 0 Å². The number of piperidine rings is 2. The first-order chi connectivity index (χ1) is 20.2. The zero-order valence-corrected chi connectivity index (χ0v) is 24.1. The summed E-state index contributed by atoms with van der Waals surface area (Å²) in [6.07, 6.45) is 11.0. The molecule has 3 aliphatic heterocycles. The molecule has 2 saturated heterocycles. The van der Waals surface area contributed by atoms with Crippen LogP contribution in [0.25, 0.3) is 17.2 Å². The van der Waals surface area contributed by atoms with Crippen LogP contribution >= 0.6 is 0 Å². The average Bonchev–Trinajstić information content (AvgIpc) is 3.72. The predicted octanol–water partition coefficient (Wildman–Crippen LogP) is 4.41. The number of anilines is 1. The molecule has 41 heavy (non-hydrogen) atoms. The van der Waals surface area contributed by atoms with Gasteiger partial charge in [-0.1, -0.05) is 6.42 Å². The molecule has 0 spiro atoms. The number of nitrogens with zero attached hydrogens (tertiary/aromatic N) is 7. The first-order valence-corrected chi connectivity index (χ1v) is 14.9.